The molecule has 1 aliphatic rings. The van der Waals surface area contributed by atoms with E-state index in [-0.39, 0.29) is 29.9 Å². The van der Waals surface area contributed by atoms with Crippen LogP contribution in [0.25, 0.3) is 0 Å². The molecule has 0 saturated carbocycles. The lowest BCUT2D eigenvalue weighted by atomic mass is 9.84. The highest BCUT2D eigenvalue weighted by Gasteiger charge is 2.42. The van der Waals surface area contributed by atoms with E-state index in [0.29, 0.717) is 22.7 Å². The summed E-state index contributed by atoms with van der Waals surface area (Å²) in [5, 5.41) is 12.7. The predicted molar refractivity (Wildman–Crippen MR) is 225 cm³/mol. The predicted octanol–water partition coefficient (Wildman–Crippen LogP) is 8.33. The van der Waals surface area contributed by atoms with Gasteiger partial charge in [0.1, 0.15) is 6.04 Å². The summed E-state index contributed by atoms with van der Waals surface area (Å²) in [5.74, 6) is -0.154. The van der Waals surface area contributed by atoms with E-state index in [1.165, 1.54) is 12.1 Å². The summed E-state index contributed by atoms with van der Waals surface area (Å²) < 4.78 is 43.5. The molecule has 0 spiro atoms. The van der Waals surface area contributed by atoms with Gasteiger partial charge in [0.05, 0.1) is 23.7 Å². The number of sulfonamides is 1. The van der Waals surface area contributed by atoms with Crippen LogP contribution in [0, 0.1) is 6.92 Å². The van der Waals surface area contributed by atoms with E-state index in [1.54, 1.807) is 36.0 Å². The lowest BCUT2D eigenvalue weighted by Gasteiger charge is -2.43. The second-order valence-corrected chi connectivity index (χ2v) is 16.8. The van der Waals surface area contributed by atoms with Gasteiger partial charge in [0.25, 0.3) is 0 Å². The zero-order valence-electron chi connectivity index (χ0n) is 31.4. The van der Waals surface area contributed by atoms with Gasteiger partial charge in [-0.1, -0.05) is 127 Å². The SMILES string of the molecule is Cc1ccc(S(=O)(=O)N[C@H](Cc2ccccc2)C(=O)Nc2cccc(C3O[C@H](CSc4ccccc4N)[C@@H](c4ccccc4)[C@H](c4ccc(CO)cc4)O3)c2)cc1. The smallest absolute Gasteiger partial charge is 0.242 e. The summed E-state index contributed by atoms with van der Waals surface area (Å²) >= 11 is 1.62. The summed E-state index contributed by atoms with van der Waals surface area (Å²) in [5.41, 5.74) is 12.7. The zero-order chi connectivity index (χ0) is 39.8. The first kappa shape index (κ1) is 39.9. The number of aliphatic hydroxyl groups excluding tert-OH is 1. The molecule has 0 bridgehead atoms. The Morgan fingerprint density at radius 3 is 2.12 bits per heavy atom. The Kier molecular flexibility index (Phi) is 12.8. The molecule has 11 heteroatoms. The Bertz CT molecular complexity index is 2360. The highest BCUT2D eigenvalue weighted by atomic mass is 32.2. The van der Waals surface area contributed by atoms with Gasteiger partial charge in [-0.25, -0.2) is 8.42 Å². The minimum Gasteiger partial charge on any atom is -0.398 e. The van der Waals surface area contributed by atoms with Gasteiger partial charge in [0.15, 0.2) is 6.29 Å². The van der Waals surface area contributed by atoms with Crippen LogP contribution in [-0.4, -0.2) is 37.3 Å². The van der Waals surface area contributed by atoms with Crippen molar-refractivity contribution >= 4 is 39.1 Å². The van der Waals surface area contributed by atoms with Crippen molar-refractivity contribution in [3.05, 3.63) is 191 Å². The fourth-order valence-electron chi connectivity index (χ4n) is 6.94. The number of thioether (sulfide) groups is 1. The van der Waals surface area contributed by atoms with Gasteiger partial charge < -0.3 is 25.6 Å². The second kappa shape index (κ2) is 18.3. The van der Waals surface area contributed by atoms with Crippen LogP contribution >= 0.6 is 11.8 Å². The molecule has 6 aromatic rings. The summed E-state index contributed by atoms with van der Waals surface area (Å²) in [7, 11) is -4.03. The van der Waals surface area contributed by atoms with E-state index in [2.05, 4.69) is 22.2 Å². The summed E-state index contributed by atoms with van der Waals surface area (Å²) in [4.78, 5) is 15.1. The zero-order valence-corrected chi connectivity index (χ0v) is 33.0. The van der Waals surface area contributed by atoms with Gasteiger partial charge in [0, 0.05) is 33.5 Å². The maximum atomic E-state index is 14.0. The number of aliphatic hydroxyl groups is 1. The Morgan fingerprint density at radius 1 is 0.754 bits per heavy atom. The molecule has 292 valence electrons. The first-order valence-electron chi connectivity index (χ1n) is 18.7. The van der Waals surface area contributed by atoms with E-state index in [1.807, 2.05) is 116 Å². The molecule has 0 aliphatic carbocycles. The molecule has 1 amide bonds. The first-order valence-corrected chi connectivity index (χ1v) is 21.2. The van der Waals surface area contributed by atoms with Crippen molar-refractivity contribution in [3.8, 4) is 0 Å². The molecule has 0 aromatic heterocycles. The number of aryl methyl sites for hydroxylation is 1. The molecule has 1 heterocycles. The molecule has 7 rings (SSSR count). The molecule has 1 fully saturated rings. The van der Waals surface area contributed by atoms with Crippen molar-refractivity contribution in [2.75, 3.05) is 16.8 Å². The van der Waals surface area contributed by atoms with Gasteiger partial charge >= 0.3 is 0 Å². The number of rotatable bonds is 14. The topological polar surface area (TPSA) is 140 Å². The molecule has 9 nitrogen and oxygen atoms in total. The number of carbonyl (C=O) groups excluding carboxylic acids is 1. The first-order chi connectivity index (χ1) is 27.7. The quantitative estimate of drug-likeness (QED) is 0.0638. The van der Waals surface area contributed by atoms with Crippen LogP contribution in [0.15, 0.2) is 168 Å². The molecular weight excluding hydrogens is 755 g/mol. The highest BCUT2D eigenvalue weighted by Crippen LogP contribution is 2.48. The average Bonchev–Trinajstić information content (AvgIpc) is 3.23. The molecule has 57 heavy (non-hydrogen) atoms. The maximum absolute atomic E-state index is 14.0. The van der Waals surface area contributed by atoms with Gasteiger partial charge in [-0.15, -0.1) is 11.8 Å². The Labute approximate surface area is 338 Å². The molecule has 5 N–H and O–H groups in total. The van der Waals surface area contributed by atoms with Crippen LogP contribution in [-0.2, 0) is 37.3 Å². The number of nitrogens with one attached hydrogen (secondary N) is 2. The Hall–Kier alpha value is -5.27. The lowest BCUT2D eigenvalue weighted by Crippen LogP contribution is -2.45. The van der Waals surface area contributed by atoms with Crippen LogP contribution in [0.3, 0.4) is 0 Å². The van der Waals surface area contributed by atoms with E-state index >= 15 is 0 Å². The normalized spacial score (nSPS) is 18.8. The third-order valence-electron chi connectivity index (χ3n) is 9.95. The number of para-hydroxylation sites is 1. The molecule has 1 unspecified atom stereocenters. The fraction of sp³-hybridized carbons (Fsp3) is 0.196. The van der Waals surface area contributed by atoms with Gasteiger partial charge in [-0.05, 0) is 72.0 Å². The van der Waals surface area contributed by atoms with E-state index < -0.39 is 34.4 Å². The van der Waals surface area contributed by atoms with E-state index in [4.69, 9.17) is 15.2 Å². The van der Waals surface area contributed by atoms with Gasteiger partial charge in [0.2, 0.25) is 15.9 Å². The molecule has 5 atom stereocenters. The van der Waals surface area contributed by atoms with Crippen molar-refractivity contribution in [3.63, 3.8) is 0 Å². The number of anilines is 2. The van der Waals surface area contributed by atoms with Crippen LogP contribution < -0.4 is 15.8 Å². The third kappa shape index (κ3) is 10.0. The van der Waals surface area contributed by atoms with Crippen molar-refractivity contribution in [1.29, 1.82) is 0 Å². The number of hydrogen-bond donors (Lipinski definition) is 4. The number of nitrogens with two attached hydrogens (primary N) is 1. The van der Waals surface area contributed by atoms with Gasteiger partial charge in [-0.2, -0.15) is 4.72 Å². The van der Waals surface area contributed by atoms with Crippen molar-refractivity contribution in [2.45, 2.75) is 60.2 Å². The monoisotopic (exact) mass is 799 g/mol. The molecule has 1 saturated heterocycles. The number of amides is 1. The molecule has 1 aliphatic heterocycles. The summed E-state index contributed by atoms with van der Waals surface area (Å²) in [6, 6.07) is 47.6. The van der Waals surface area contributed by atoms with Crippen LogP contribution in [0.2, 0.25) is 0 Å². The Morgan fingerprint density at radius 2 is 1.42 bits per heavy atom. The third-order valence-corrected chi connectivity index (χ3v) is 12.6. The number of carbonyl (C=O) groups is 1. The van der Waals surface area contributed by atoms with Crippen LogP contribution in [0.1, 0.15) is 51.7 Å². The summed E-state index contributed by atoms with van der Waals surface area (Å²) in [6.07, 6.45) is -1.48. The molecular formula is C46H45N3O6S2. The number of benzene rings is 6. The number of nitrogen functional groups attached to an aromatic ring is 1. The minimum absolute atomic E-state index is 0.0737. The minimum atomic E-state index is -4.03. The lowest BCUT2D eigenvalue weighted by molar-refractivity contribution is -0.255. The fourth-order valence-corrected chi connectivity index (χ4v) is 9.17. The molecule has 0 radical (unpaired) electrons. The van der Waals surface area contributed by atoms with Gasteiger partial charge in [-0.3, -0.25) is 4.79 Å². The second-order valence-electron chi connectivity index (χ2n) is 14.0. The number of ether oxygens (including phenoxy) is 2. The summed E-state index contributed by atoms with van der Waals surface area (Å²) in [6.45, 7) is 1.81. The highest BCUT2D eigenvalue weighted by molar-refractivity contribution is 7.99. The van der Waals surface area contributed by atoms with E-state index in [9.17, 15) is 18.3 Å². The van der Waals surface area contributed by atoms with E-state index in [0.717, 1.165) is 32.7 Å². The number of hydrogen-bond acceptors (Lipinski definition) is 8. The maximum Gasteiger partial charge on any atom is 0.242 e. The Balaban J connectivity index is 1.19. The molecule has 6 aromatic carbocycles. The standard InChI is InChI=1S/C46H45N3O6S2/c1-31-19-25-38(26-20-31)57(52,53)49-40(27-32-11-4-2-5-12-32)45(51)48-37-16-10-15-36(28-37)46-54-41(30-56-42-18-9-8-17-39(42)47)43(34-13-6-3-7-14-34)44(55-46)35-23-21-33(29-50)22-24-35/h2-26,28,40-41,43-44,46,49-50H,27,29-30,47H2,1H3,(H,48,51)/t40-,41-,43-,44+,46?/m1/s1. The van der Waals surface area contributed by atoms with Crippen molar-refractivity contribution < 1.29 is 27.8 Å². The van der Waals surface area contributed by atoms with Crippen molar-refractivity contribution in [1.82, 2.24) is 4.72 Å². The van der Waals surface area contributed by atoms with Crippen LogP contribution in [0.4, 0.5) is 11.4 Å². The average molecular weight is 800 g/mol. The van der Waals surface area contributed by atoms with Crippen molar-refractivity contribution in [2.24, 2.45) is 0 Å². The van der Waals surface area contributed by atoms with Crippen LogP contribution in [0.5, 0.6) is 0 Å². The largest absolute Gasteiger partial charge is 0.398 e.